The molecule has 4 aromatic rings. The lowest BCUT2D eigenvalue weighted by Crippen LogP contribution is -2.46. The fraction of sp³-hybridized carbons (Fsp3) is 0.429. The molecule has 1 aliphatic rings. The number of carbonyl (C=O) groups is 1. The van der Waals surface area contributed by atoms with E-state index in [0.717, 1.165) is 54.0 Å². The van der Waals surface area contributed by atoms with Gasteiger partial charge < -0.3 is 14.6 Å². The standard InChI is InChI=1S/C28H35N7O2/c1-4-34(15-21-5-7-22(8-6-21)24-13-31-32(3)16-24)27-25-10-12-35(28(25)30-19-29-27)17-23-9-11-33(14-20(2)36)18-26(23)37/h5-8,10,12-13,16,19,23,26,37H,4,9,11,14-15,17-18H2,1-3H3. The molecular weight excluding hydrogens is 466 g/mol. The second kappa shape index (κ2) is 10.8. The number of aromatic nitrogens is 5. The van der Waals surface area contributed by atoms with Crippen molar-refractivity contribution in [3.05, 3.63) is 60.8 Å². The van der Waals surface area contributed by atoms with E-state index in [-0.39, 0.29) is 11.7 Å². The van der Waals surface area contributed by atoms with Gasteiger partial charge in [0.15, 0.2) is 0 Å². The number of hydrogen-bond donors (Lipinski definition) is 1. The second-order valence-corrected chi connectivity index (χ2v) is 10.1. The number of hydrogen-bond acceptors (Lipinski definition) is 7. The number of β-amino-alcohol motifs (C(OH)–C–C–N with tert-alkyl or cyclic N) is 1. The van der Waals surface area contributed by atoms with Crippen molar-refractivity contribution in [3.8, 4) is 11.1 Å². The van der Waals surface area contributed by atoms with Gasteiger partial charge in [0.25, 0.3) is 0 Å². The van der Waals surface area contributed by atoms with Crippen LogP contribution in [-0.2, 0) is 24.9 Å². The summed E-state index contributed by atoms with van der Waals surface area (Å²) in [5.74, 6) is 1.17. The normalized spacial score (nSPS) is 18.4. The molecule has 1 N–H and O–H groups in total. The highest BCUT2D eigenvalue weighted by Crippen LogP contribution is 2.28. The quantitative estimate of drug-likeness (QED) is 0.377. The van der Waals surface area contributed by atoms with E-state index in [1.165, 1.54) is 5.56 Å². The van der Waals surface area contributed by atoms with Crippen LogP contribution in [0, 0.1) is 5.92 Å². The van der Waals surface area contributed by atoms with Crippen molar-refractivity contribution >= 4 is 22.6 Å². The van der Waals surface area contributed by atoms with Gasteiger partial charge in [-0.15, -0.1) is 0 Å². The first-order valence-electron chi connectivity index (χ1n) is 12.9. The van der Waals surface area contributed by atoms with E-state index < -0.39 is 6.10 Å². The summed E-state index contributed by atoms with van der Waals surface area (Å²) in [4.78, 5) is 25.0. The molecule has 2 unspecified atom stereocenters. The second-order valence-electron chi connectivity index (χ2n) is 10.1. The summed E-state index contributed by atoms with van der Waals surface area (Å²) in [6, 6.07) is 10.7. The molecular formula is C28H35N7O2. The lowest BCUT2D eigenvalue weighted by atomic mass is 9.93. The van der Waals surface area contributed by atoms with Crippen LogP contribution in [-0.4, -0.2) is 72.4 Å². The number of ketones is 1. The highest BCUT2D eigenvalue weighted by Gasteiger charge is 2.29. The Bertz CT molecular complexity index is 1360. The van der Waals surface area contributed by atoms with Gasteiger partial charge in [-0.2, -0.15) is 5.10 Å². The number of benzene rings is 1. The van der Waals surface area contributed by atoms with Gasteiger partial charge in [0.2, 0.25) is 0 Å². The molecule has 0 aliphatic carbocycles. The number of aliphatic hydroxyl groups is 1. The van der Waals surface area contributed by atoms with Gasteiger partial charge in [-0.05, 0) is 44.0 Å². The Labute approximate surface area is 217 Å². The van der Waals surface area contributed by atoms with Crippen LogP contribution in [0.25, 0.3) is 22.2 Å². The van der Waals surface area contributed by atoms with Crippen LogP contribution < -0.4 is 4.90 Å². The SMILES string of the molecule is CCN(Cc1ccc(-c2cnn(C)c2)cc1)c1ncnc2c1ccn2CC1CCN(CC(C)=O)CC1O. The summed E-state index contributed by atoms with van der Waals surface area (Å²) in [7, 11) is 1.92. The monoisotopic (exact) mass is 501 g/mol. The Morgan fingerprint density at radius 3 is 2.65 bits per heavy atom. The van der Waals surface area contributed by atoms with Gasteiger partial charge in [0, 0.05) is 57.1 Å². The number of anilines is 1. The molecule has 1 aromatic carbocycles. The van der Waals surface area contributed by atoms with Crippen molar-refractivity contribution in [3.63, 3.8) is 0 Å². The van der Waals surface area contributed by atoms with Crippen molar-refractivity contribution in [2.24, 2.45) is 13.0 Å². The molecule has 4 heterocycles. The minimum atomic E-state index is -0.464. The number of carbonyl (C=O) groups excluding carboxylic acids is 1. The molecule has 9 nitrogen and oxygen atoms in total. The average molecular weight is 502 g/mol. The van der Waals surface area contributed by atoms with E-state index in [1.807, 2.05) is 35.2 Å². The molecule has 5 rings (SSSR count). The number of aryl methyl sites for hydroxylation is 1. The predicted octanol–water partition coefficient (Wildman–Crippen LogP) is 3.13. The summed E-state index contributed by atoms with van der Waals surface area (Å²) >= 11 is 0. The van der Waals surface area contributed by atoms with E-state index in [2.05, 4.69) is 61.8 Å². The third kappa shape index (κ3) is 5.57. The Morgan fingerprint density at radius 1 is 1.16 bits per heavy atom. The Balaban J connectivity index is 1.31. The third-order valence-corrected chi connectivity index (χ3v) is 7.26. The largest absolute Gasteiger partial charge is 0.391 e. The van der Waals surface area contributed by atoms with Gasteiger partial charge in [0.05, 0.1) is 24.2 Å². The fourth-order valence-electron chi connectivity index (χ4n) is 5.29. The zero-order valence-corrected chi connectivity index (χ0v) is 21.8. The molecule has 1 saturated heterocycles. The smallest absolute Gasteiger partial charge is 0.145 e. The first-order valence-corrected chi connectivity index (χ1v) is 12.9. The Morgan fingerprint density at radius 2 is 1.97 bits per heavy atom. The van der Waals surface area contributed by atoms with E-state index in [9.17, 15) is 9.90 Å². The zero-order valence-electron chi connectivity index (χ0n) is 21.8. The number of nitrogens with zero attached hydrogens (tertiary/aromatic N) is 7. The van der Waals surface area contributed by atoms with E-state index in [1.54, 1.807) is 13.3 Å². The summed E-state index contributed by atoms with van der Waals surface area (Å²) in [6.45, 7) is 7.75. The summed E-state index contributed by atoms with van der Waals surface area (Å²) < 4.78 is 3.94. The first kappa shape index (κ1) is 25.1. The minimum Gasteiger partial charge on any atom is -0.391 e. The predicted molar refractivity (Wildman–Crippen MR) is 144 cm³/mol. The molecule has 2 atom stereocenters. The molecule has 0 radical (unpaired) electrons. The maximum Gasteiger partial charge on any atom is 0.145 e. The van der Waals surface area contributed by atoms with Crippen molar-refractivity contribution in [1.29, 1.82) is 0 Å². The molecule has 194 valence electrons. The van der Waals surface area contributed by atoms with Crippen molar-refractivity contribution in [2.75, 3.05) is 31.1 Å². The van der Waals surface area contributed by atoms with E-state index in [0.29, 0.717) is 19.6 Å². The molecule has 0 spiro atoms. The molecule has 1 fully saturated rings. The van der Waals surface area contributed by atoms with Crippen molar-refractivity contribution in [2.45, 2.75) is 39.5 Å². The first-order chi connectivity index (χ1) is 17.9. The number of Topliss-reactive ketones (excluding diaryl/α,β-unsaturated/α-hetero) is 1. The fourth-order valence-corrected chi connectivity index (χ4v) is 5.29. The maximum atomic E-state index is 11.5. The third-order valence-electron chi connectivity index (χ3n) is 7.26. The van der Waals surface area contributed by atoms with Gasteiger partial charge >= 0.3 is 0 Å². The number of aliphatic hydroxyl groups excluding tert-OH is 1. The number of likely N-dealkylation sites (tertiary alicyclic amines) is 1. The zero-order chi connectivity index (χ0) is 25.9. The lowest BCUT2D eigenvalue weighted by Gasteiger charge is -2.35. The summed E-state index contributed by atoms with van der Waals surface area (Å²) in [5.41, 5.74) is 4.35. The van der Waals surface area contributed by atoms with Crippen LogP contribution in [0.4, 0.5) is 5.82 Å². The lowest BCUT2D eigenvalue weighted by molar-refractivity contribution is -0.119. The van der Waals surface area contributed by atoms with Gasteiger partial charge in [-0.25, -0.2) is 9.97 Å². The average Bonchev–Trinajstić information content (AvgIpc) is 3.50. The Kier molecular flexibility index (Phi) is 7.34. The number of rotatable bonds is 9. The van der Waals surface area contributed by atoms with Crippen molar-refractivity contribution in [1.82, 2.24) is 29.2 Å². The van der Waals surface area contributed by atoms with Crippen LogP contribution in [0.5, 0.6) is 0 Å². The highest BCUT2D eigenvalue weighted by atomic mass is 16.3. The number of piperidine rings is 1. The maximum absolute atomic E-state index is 11.5. The summed E-state index contributed by atoms with van der Waals surface area (Å²) in [5, 5.41) is 16.0. The Hall–Kier alpha value is -3.56. The van der Waals surface area contributed by atoms with E-state index >= 15 is 0 Å². The molecule has 0 amide bonds. The van der Waals surface area contributed by atoms with Gasteiger partial charge in [0.1, 0.15) is 23.6 Å². The molecule has 0 saturated carbocycles. The molecule has 3 aromatic heterocycles. The van der Waals surface area contributed by atoms with Crippen LogP contribution in [0.15, 0.2) is 55.2 Å². The topological polar surface area (TPSA) is 92.3 Å². The van der Waals surface area contributed by atoms with Crippen LogP contribution >= 0.6 is 0 Å². The molecule has 0 bridgehead atoms. The van der Waals surface area contributed by atoms with Crippen LogP contribution in [0.1, 0.15) is 25.8 Å². The highest BCUT2D eigenvalue weighted by molar-refractivity contribution is 5.87. The molecule has 1 aliphatic heterocycles. The van der Waals surface area contributed by atoms with Crippen LogP contribution in [0.2, 0.25) is 0 Å². The van der Waals surface area contributed by atoms with Crippen LogP contribution in [0.3, 0.4) is 0 Å². The summed E-state index contributed by atoms with van der Waals surface area (Å²) in [6.07, 6.45) is 7.96. The number of fused-ring (bicyclic) bond motifs is 1. The molecule has 9 heteroatoms. The van der Waals surface area contributed by atoms with Gasteiger partial charge in [-0.3, -0.25) is 14.4 Å². The van der Waals surface area contributed by atoms with Gasteiger partial charge in [-0.1, -0.05) is 24.3 Å². The molecule has 37 heavy (non-hydrogen) atoms. The van der Waals surface area contributed by atoms with Crippen molar-refractivity contribution < 1.29 is 9.90 Å². The van der Waals surface area contributed by atoms with E-state index in [4.69, 9.17) is 0 Å². The minimum absolute atomic E-state index is 0.123.